The number of aliphatic carboxylic acids is 1. The lowest BCUT2D eigenvalue weighted by molar-refractivity contribution is -0.131. The standard InChI is InChI=1S/C9H14O2/c1-9(2,3)7-5-4-6-8(10)11/h4-7H,1-3H3,(H,10,11). The van der Waals surface area contributed by atoms with Crippen molar-refractivity contribution in [1.29, 1.82) is 0 Å². The Morgan fingerprint density at radius 3 is 2.18 bits per heavy atom. The van der Waals surface area contributed by atoms with Gasteiger partial charge in [-0.2, -0.15) is 0 Å². The number of hydrogen-bond donors (Lipinski definition) is 1. The Morgan fingerprint density at radius 2 is 1.82 bits per heavy atom. The molecule has 0 aromatic rings. The largest absolute Gasteiger partial charge is 0.478 e. The van der Waals surface area contributed by atoms with Crippen LogP contribution in [0.2, 0.25) is 0 Å². The fourth-order valence-corrected chi connectivity index (χ4v) is 0.482. The highest BCUT2D eigenvalue weighted by molar-refractivity contribution is 5.80. The summed E-state index contributed by atoms with van der Waals surface area (Å²) in [7, 11) is 0. The molecule has 0 aromatic heterocycles. The van der Waals surface area contributed by atoms with Crippen LogP contribution in [0.25, 0.3) is 0 Å². The van der Waals surface area contributed by atoms with Crippen molar-refractivity contribution in [2.45, 2.75) is 20.8 Å². The highest BCUT2D eigenvalue weighted by Crippen LogP contribution is 2.13. The van der Waals surface area contributed by atoms with Crippen molar-refractivity contribution in [3.63, 3.8) is 0 Å². The maximum atomic E-state index is 10.0. The molecule has 0 unspecified atom stereocenters. The Morgan fingerprint density at radius 1 is 1.27 bits per heavy atom. The normalized spacial score (nSPS) is 13.0. The molecule has 11 heavy (non-hydrogen) atoms. The summed E-state index contributed by atoms with van der Waals surface area (Å²) in [6, 6.07) is 0. The average Bonchev–Trinajstić information content (AvgIpc) is 1.78. The van der Waals surface area contributed by atoms with E-state index < -0.39 is 5.97 Å². The summed E-state index contributed by atoms with van der Waals surface area (Å²) in [6.07, 6.45) is 6.33. The van der Waals surface area contributed by atoms with Crippen molar-refractivity contribution in [3.8, 4) is 0 Å². The first-order valence-corrected chi connectivity index (χ1v) is 3.51. The van der Waals surface area contributed by atoms with Crippen LogP contribution >= 0.6 is 0 Å². The van der Waals surface area contributed by atoms with E-state index in [1.54, 1.807) is 6.08 Å². The zero-order valence-electron chi connectivity index (χ0n) is 7.16. The van der Waals surface area contributed by atoms with Crippen LogP contribution < -0.4 is 0 Å². The number of carboxylic acid groups (broad SMARTS) is 1. The first-order chi connectivity index (χ1) is 4.92. The van der Waals surface area contributed by atoms with E-state index in [4.69, 9.17) is 5.11 Å². The summed E-state index contributed by atoms with van der Waals surface area (Å²) in [4.78, 5) is 10.0. The van der Waals surface area contributed by atoms with Crippen LogP contribution in [-0.2, 0) is 4.79 Å². The van der Waals surface area contributed by atoms with E-state index in [2.05, 4.69) is 20.8 Å². The van der Waals surface area contributed by atoms with Crippen molar-refractivity contribution in [2.24, 2.45) is 5.41 Å². The fourth-order valence-electron chi connectivity index (χ4n) is 0.482. The van der Waals surface area contributed by atoms with Gasteiger partial charge in [-0.05, 0) is 5.41 Å². The Labute approximate surface area is 67.2 Å². The third kappa shape index (κ3) is 8.95. The second-order valence-corrected chi connectivity index (χ2v) is 3.42. The summed E-state index contributed by atoms with van der Waals surface area (Å²) in [5, 5.41) is 8.22. The molecule has 0 saturated carbocycles. The topological polar surface area (TPSA) is 37.3 Å². The summed E-state index contributed by atoms with van der Waals surface area (Å²) in [5.41, 5.74) is 0.114. The molecular weight excluding hydrogens is 140 g/mol. The first kappa shape index (κ1) is 9.95. The predicted molar refractivity (Wildman–Crippen MR) is 45.4 cm³/mol. The zero-order valence-corrected chi connectivity index (χ0v) is 7.16. The third-order valence-electron chi connectivity index (χ3n) is 0.946. The lowest BCUT2D eigenvalue weighted by atomic mass is 9.96. The van der Waals surface area contributed by atoms with Crippen LogP contribution in [0.15, 0.2) is 24.3 Å². The van der Waals surface area contributed by atoms with Crippen molar-refractivity contribution in [1.82, 2.24) is 0 Å². The van der Waals surface area contributed by atoms with Gasteiger partial charge in [0, 0.05) is 6.08 Å². The van der Waals surface area contributed by atoms with E-state index in [9.17, 15) is 4.79 Å². The summed E-state index contributed by atoms with van der Waals surface area (Å²) in [5.74, 6) is -0.913. The zero-order chi connectivity index (χ0) is 8.91. The van der Waals surface area contributed by atoms with Crippen LogP contribution in [0, 0.1) is 5.41 Å². The molecule has 2 heteroatoms. The van der Waals surface area contributed by atoms with Gasteiger partial charge in [0.25, 0.3) is 0 Å². The molecule has 2 nitrogen and oxygen atoms in total. The van der Waals surface area contributed by atoms with E-state index in [-0.39, 0.29) is 5.41 Å². The average molecular weight is 154 g/mol. The van der Waals surface area contributed by atoms with Gasteiger partial charge in [-0.15, -0.1) is 0 Å². The van der Waals surface area contributed by atoms with E-state index in [0.717, 1.165) is 6.08 Å². The maximum Gasteiger partial charge on any atom is 0.328 e. The van der Waals surface area contributed by atoms with Crippen molar-refractivity contribution < 1.29 is 9.90 Å². The lowest BCUT2D eigenvalue weighted by Gasteiger charge is -2.09. The molecule has 0 radical (unpaired) electrons. The molecule has 1 N–H and O–H groups in total. The molecular formula is C9H14O2. The smallest absolute Gasteiger partial charge is 0.328 e. The Kier molecular flexibility index (Phi) is 3.58. The Balaban J connectivity index is 3.88. The minimum Gasteiger partial charge on any atom is -0.478 e. The highest BCUT2D eigenvalue weighted by atomic mass is 16.4. The minimum atomic E-state index is -0.913. The fraction of sp³-hybridized carbons (Fsp3) is 0.444. The Hall–Kier alpha value is -1.05. The molecule has 0 fully saturated rings. The summed E-state index contributed by atoms with van der Waals surface area (Å²) >= 11 is 0. The number of allylic oxidation sites excluding steroid dienone is 3. The first-order valence-electron chi connectivity index (χ1n) is 3.51. The van der Waals surface area contributed by atoms with Crippen LogP contribution in [-0.4, -0.2) is 11.1 Å². The van der Waals surface area contributed by atoms with Crippen LogP contribution in [0.4, 0.5) is 0 Å². The molecule has 0 aliphatic carbocycles. The van der Waals surface area contributed by atoms with Gasteiger partial charge in [-0.25, -0.2) is 4.79 Å². The molecule has 0 heterocycles. The van der Waals surface area contributed by atoms with Gasteiger partial charge >= 0.3 is 5.97 Å². The van der Waals surface area contributed by atoms with Crippen molar-refractivity contribution in [3.05, 3.63) is 24.3 Å². The highest BCUT2D eigenvalue weighted by Gasteiger charge is 2.01. The molecule has 0 amide bonds. The van der Waals surface area contributed by atoms with Gasteiger partial charge in [0.2, 0.25) is 0 Å². The number of hydrogen-bond acceptors (Lipinski definition) is 1. The van der Waals surface area contributed by atoms with E-state index in [0.29, 0.717) is 0 Å². The second kappa shape index (κ2) is 3.96. The molecule has 0 rings (SSSR count). The Bertz CT molecular complexity index is 182. The summed E-state index contributed by atoms with van der Waals surface area (Å²) < 4.78 is 0. The molecule has 0 spiro atoms. The number of rotatable bonds is 2. The maximum absolute atomic E-state index is 10.0. The molecule has 0 aromatic carbocycles. The number of carbonyl (C=O) groups is 1. The minimum absolute atomic E-state index is 0.114. The lowest BCUT2D eigenvalue weighted by Crippen LogP contribution is -1.97. The second-order valence-electron chi connectivity index (χ2n) is 3.42. The molecule has 0 aliphatic heterocycles. The van der Waals surface area contributed by atoms with E-state index in [1.165, 1.54) is 6.08 Å². The van der Waals surface area contributed by atoms with Crippen LogP contribution in [0.5, 0.6) is 0 Å². The number of carboxylic acids is 1. The van der Waals surface area contributed by atoms with Gasteiger partial charge in [-0.3, -0.25) is 0 Å². The molecule has 0 saturated heterocycles. The monoisotopic (exact) mass is 154 g/mol. The molecule has 0 aliphatic rings. The van der Waals surface area contributed by atoms with Gasteiger partial charge < -0.3 is 5.11 Å². The van der Waals surface area contributed by atoms with Crippen LogP contribution in [0.1, 0.15) is 20.8 Å². The molecule has 0 bridgehead atoms. The van der Waals surface area contributed by atoms with Crippen molar-refractivity contribution >= 4 is 5.97 Å². The van der Waals surface area contributed by atoms with Crippen molar-refractivity contribution in [2.75, 3.05) is 0 Å². The van der Waals surface area contributed by atoms with Crippen LogP contribution in [0.3, 0.4) is 0 Å². The van der Waals surface area contributed by atoms with E-state index >= 15 is 0 Å². The van der Waals surface area contributed by atoms with Gasteiger partial charge in [0.15, 0.2) is 0 Å². The quantitative estimate of drug-likeness (QED) is 0.489. The third-order valence-corrected chi connectivity index (χ3v) is 0.946. The predicted octanol–water partition coefficient (Wildman–Crippen LogP) is 2.23. The summed E-state index contributed by atoms with van der Waals surface area (Å²) in [6.45, 7) is 6.16. The molecule has 62 valence electrons. The SMILES string of the molecule is CC(C)(C)C=CC=CC(=O)O. The molecule has 0 atom stereocenters. The van der Waals surface area contributed by atoms with Gasteiger partial charge in [0.1, 0.15) is 0 Å². The van der Waals surface area contributed by atoms with Gasteiger partial charge in [-0.1, -0.05) is 39.0 Å². The van der Waals surface area contributed by atoms with E-state index in [1.807, 2.05) is 6.08 Å². The van der Waals surface area contributed by atoms with Gasteiger partial charge in [0.05, 0.1) is 0 Å².